The standard InChI is InChI=1S/C10H12F3N5O2/c11-10(12,13)9-16-6(17-18-9)4-15-8(20)5-1-2-14-7(19)3-5/h5H,1-4H2,(H,14,19)(H,15,20)(H,16,17,18). The van der Waals surface area contributed by atoms with Crippen LogP contribution in [0.4, 0.5) is 13.2 Å². The van der Waals surface area contributed by atoms with Gasteiger partial charge in [0.25, 0.3) is 5.82 Å². The van der Waals surface area contributed by atoms with Crippen molar-refractivity contribution in [1.29, 1.82) is 0 Å². The molecule has 7 nitrogen and oxygen atoms in total. The zero-order valence-corrected chi connectivity index (χ0v) is 10.3. The van der Waals surface area contributed by atoms with Crippen LogP contribution in [0.25, 0.3) is 0 Å². The van der Waals surface area contributed by atoms with Crippen LogP contribution in [0.3, 0.4) is 0 Å². The van der Waals surface area contributed by atoms with Crippen LogP contribution in [0.1, 0.15) is 24.5 Å². The minimum atomic E-state index is -4.62. The van der Waals surface area contributed by atoms with E-state index in [1.165, 1.54) is 0 Å². The highest BCUT2D eigenvalue weighted by molar-refractivity contribution is 5.86. The lowest BCUT2D eigenvalue weighted by molar-refractivity contribution is -0.144. The fourth-order valence-corrected chi connectivity index (χ4v) is 1.82. The molecule has 0 radical (unpaired) electrons. The Labute approximate surface area is 111 Å². The third-order valence-electron chi connectivity index (χ3n) is 2.83. The topological polar surface area (TPSA) is 99.8 Å². The van der Waals surface area contributed by atoms with Crippen LogP contribution >= 0.6 is 0 Å². The number of nitrogens with zero attached hydrogens (tertiary/aromatic N) is 2. The molecule has 1 aliphatic rings. The Balaban J connectivity index is 1.87. The van der Waals surface area contributed by atoms with Gasteiger partial charge in [-0.15, -0.1) is 5.10 Å². The van der Waals surface area contributed by atoms with Crippen molar-refractivity contribution < 1.29 is 22.8 Å². The average Bonchev–Trinajstić information content (AvgIpc) is 2.84. The van der Waals surface area contributed by atoms with E-state index in [-0.39, 0.29) is 30.6 Å². The molecule has 2 heterocycles. The number of rotatable bonds is 3. The van der Waals surface area contributed by atoms with E-state index in [0.717, 1.165) is 0 Å². The van der Waals surface area contributed by atoms with E-state index in [0.29, 0.717) is 13.0 Å². The molecular formula is C10H12F3N5O2. The minimum Gasteiger partial charge on any atom is -0.356 e. The van der Waals surface area contributed by atoms with Crippen LogP contribution in [-0.4, -0.2) is 33.5 Å². The second-order valence-electron chi connectivity index (χ2n) is 4.36. The quantitative estimate of drug-likeness (QED) is 0.728. The predicted molar refractivity (Wildman–Crippen MR) is 59.0 cm³/mol. The van der Waals surface area contributed by atoms with Crippen molar-refractivity contribution in [3.63, 3.8) is 0 Å². The molecule has 0 aromatic carbocycles. The van der Waals surface area contributed by atoms with Crippen LogP contribution in [0.5, 0.6) is 0 Å². The molecule has 1 aromatic heterocycles. The zero-order chi connectivity index (χ0) is 14.8. The van der Waals surface area contributed by atoms with Gasteiger partial charge in [-0.2, -0.15) is 13.2 Å². The van der Waals surface area contributed by atoms with E-state index in [4.69, 9.17) is 0 Å². The van der Waals surface area contributed by atoms with Gasteiger partial charge < -0.3 is 10.6 Å². The molecule has 1 fully saturated rings. The third-order valence-corrected chi connectivity index (χ3v) is 2.83. The number of aromatic nitrogens is 3. The highest BCUT2D eigenvalue weighted by atomic mass is 19.4. The fourth-order valence-electron chi connectivity index (χ4n) is 1.82. The monoisotopic (exact) mass is 291 g/mol. The van der Waals surface area contributed by atoms with Crippen molar-refractivity contribution in [3.05, 3.63) is 11.6 Å². The fraction of sp³-hybridized carbons (Fsp3) is 0.600. The number of carbonyl (C=O) groups excluding carboxylic acids is 2. The van der Waals surface area contributed by atoms with Crippen molar-refractivity contribution in [1.82, 2.24) is 25.8 Å². The summed E-state index contributed by atoms with van der Waals surface area (Å²) in [6.07, 6.45) is -4.04. The second-order valence-corrected chi connectivity index (χ2v) is 4.36. The first-order chi connectivity index (χ1) is 9.36. The molecule has 0 aliphatic carbocycles. The van der Waals surface area contributed by atoms with E-state index < -0.39 is 17.9 Å². The Morgan fingerprint density at radius 1 is 1.45 bits per heavy atom. The zero-order valence-electron chi connectivity index (χ0n) is 10.3. The van der Waals surface area contributed by atoms with Crippen LogP contribution in [0.15, 0.2) is 0 Å². The van der Waals surface area contributed by atoms with Gasteiger partial charge in [-0.1, -0.05) is 0 Å². The van der Waals surface area contributed by atoms with Gasteiger partial charge >= 0.3 is 6.18 Å². The summed E-state index contributed by atoms with van der Waals surface area (Å²) in [5.74, 6) is -2.43. The Morgan fingerprint density at radius 3 is 2.80 bits per heavy atom. The molecule has 0 bridgehead atoms. The molecule has 1 atom stereocenters. The van der Waals surface area contributed by atoms with Crippen molar-refractivity contribution in [2.75, 3.05) is 6.54 Å². The summed E-state index contributed by atoms with van der Waals surface area (Å²) in [7, 11) is 0. The Hall–Kier alpha value is -2.13. The number of hydrogen-bond donors (Lipinski definition) is 3. The van der Waals surface area contributed by atoms with Gasteiger partial charge in [-0.05, 0) is 6.42 Å². The van der Waals surface area contributed by atoms with Gasteiger partial charge in [0.05, 0.1) is 6.54 Å². The molecule has 0 spiro atoms. The van der Waals surface area contributed by atoms with Crippen LogP contribution < -0.4 is 10.6 Å². The first-order valence-corrected chi connectivity index (χ1v) is 5.89. The number of hydrogen-bond acceptors (Lipinski definition) is 4. The molecule has 1 aromatic rings. The summed E-state index contributed by atoms with van der Waals surface area (Å²) in [5, 5.41) is 10.1. The maximum absolute atomic E-state index is 12.3. The number of aromatic amines is 1. The Morgan fingerprint density at radius 2 is 2.20 bits per heavy atom. The lowest BCUT2D eigenvalue weighted by Crippen LogP contribution is -2.41. The maximum Gasteiger partial charge on any atom is 0.453 e. The van der Waals surface area contributed by atoms with Crippen molar-refractivity contribution >= 4 is 11.8 Å². The maximum atomic E-state index is 12.3. The molecule has 0 saturated carbocycles. The molecule has 1 unspecified atom stereocenters. The number of piperidine rings is 1. The van der Waals surface area contributed by atoms with Gasteiger partial charge in [0, 0.05) is 18.9 Å². The summed E-state index contributed by atoms with van der Waals surface area (Å²) < 4.78 is 36.8. The van der Waals surface area contributed by atoms with E-state index >= 15 is 0 Å². The molecule has 110 valence electrons. The Bertz CT molecular complexity index is 513. The lowest BCUT2D eigenvalue weighted by atomic mass is 9.97. The molecule has 2 rings (SSSR count). The summed E-state index contributed by atoms with van der Waals surface area (Å²) in [6.45, 7) is 0.220. The van der Waals surface area contributed by atoms with E-state index in [1.807, 2.05) is 0 Å². The smallest absolute Gasteiger partial charge is 0.356 e. The molecule has 10 heteroatoms. The van der Waals surface area contributed by atoms with Crippen molar-refractivity contribution in [3.8, 4) is 0 Å². The van der Waals surface area contributed by atoms with Crippen LogP contribution in [0, 0.1) is 5.92 Å². The van der Waals surface area contributed by atoms with Gasteiger partial charge in [0.15, 0.2) is 0 Å². The van der Waals surface area contributed by atoms with Gasteiger partial charge in [-0.3, -0.25) is 14.7 Å². The molecule has 3 N–H and O–H groups in total. The van der Waals surface area contributed by atoms with E-state index in [9.17, 15) is 22.8 Å². The lowest BCUT2D eigenvalue weighted by Gasteiger charge is -2.20. The average molecular weight is 291 g/mol. The van der Waals surface area contributed by atoms with Gasteiger partial charge in [0.2, 0.25) is 11.8 Å². The summed E-state index contributed by atoms with van der Waals surface area (Å²) in [6, 6.07) is 0. The van der Waals surface area contributed by atoms with Gasteiger partial charge in [-0.25, -0.2) is 4.98 Å². The number of halogens is 3. The number of H-pyrrole nitrogens is 1. The summed E-state index contributed by atoms with van der Waals surface area (Å²) in [4.78, 5) is 26.1. The number of alkyl halides is 3. The highest BCUT2D eigenvalue weighted by Crippen LogP contribution is 2.25. The molecule has 1 aliphatic heterocycles. The number of nitrogens with one attached hydrogen (secondary N) is 3. The predicted octanol–water partition coefficient (Wildman–Crippen LogP) is -0.0341. The van der Waals surface area contributed by atoms with Crippen LogP contribution in [-0.2, 0) is 22.3 Å². The SMILES string of the molecule is O=C1CC(C(=O)NCc2nc(C(F)(F)F)n[nH]2)CCN1. The summed E-state index contributed by atoms with van der Waals surface area (Å²) >= 11 is 0. The Kier molecular flexibility index (Phi) is 3.91. The third kappa shape index (κ3) is 3.45. The first-order valence-electron chi connectivity index (χ1n) is 5.89. The minimum absolute atomic E-state index is 0.0794. The van der Waals surface area contributed by atoms with E-state index in [2.05, 4.69) is 25.8 Å². The second kappa shape index (κ2) is 5.47. The first kappa shape index (κ1) is 14.3. The molecular weight excluding hydrogens is 279 g/mol. The van der Waals surface area contributed by atoms with E-state index in [1.54, 1.807) is 0 Å². The van der Waals surface area contributed by atoms with Crippen LogP contribution in [0.2, 0.25) is 0 Å². The molecule has 20 heavy (non-hydrogen) atoms. The van der Waals surface area contributed by atoms with Crippen molar-refractivity contribution in [2.45, 2.75) is 25.6 Å². The number of carbonyl (C=O) groups is 2. The normalized spacial score (nSPS) is 19.6. The molecule has 1 saturated heterocycles. The molecule has 2 amide bonds. The largest absolute Gasteiger partial charge is 0.453 e. The number of amides is 2. The van der Waals surface area contributed by atoms with Gasteiger partial charge in [0.1, 0.15) is 5.82 Å². The highest BCUT2D eigenvalue weighted by Gasteiger charge is 2.36. The van der Waals surface area contributed by atoms with Crippen molar-refractivity contribution in [2.24, 2.45) is 5.92 Å². The summed E-state index contributed by atoms with van der Waals surface area (Å²) in [5.41, 5.74) is 0.